The van der Waals surface area contributed by atoms with Gasteiger partial charge < -0.3 is 25.2 Å². The Labute approximate surface area is 296 Å². The number of ether oxygens (including phenoxy) is 2. The molecule has 0 aromatic carbocycles. The Morgan fingerprint density at radius 1 is 1.10 bits per heavy atom. The molecule has 0 aromatic heterocycles. The molecule has 0 aromatic rings. The Kier molecular flexibility index (Phi) is 10.3. The van der Waals surface area contributed by atoms with E-state index in [9.17, 15) is 37.5 Å². The Morgan fingerprint density at radius 2 is 1.82 bits per heavy atom. The fraction of sp³-hybridized carbons (Fsp3) is 0.735. The van der Waals surface area contributed by atoms with Crippen molar-refractivity contribution in [2.45, 2.75) is 113 Å². The second kappa shape index (κ2) is 14.1. The van der Waals surface area contributed by atoms with Crippen molar-refractivity contribution in [2.75, 3.05) is 32.8 Å². The van der Waals surface area contributed by atoms with Crippen LogP contribution >= 0.6 is 0 Å². The summed E-state index contributed by atoms with van der Waals surface area (Å²) in [5, 5.41) is 15.0. The number of hydrogen-bond acceptors (Lipinski definition) is 10. The molecule has 0 radical (unpaired) electrons. The van der Waals surface area contributed by atoms with Crippen molar-refractivity contribution in [3.8, 4) is 0 Å². The van der Waals surface area contributed by atoms with E-state index in [1.165, 1.54) is 6.08 Å². The minimum absolute atomic E-state index is 0.0785. The first kappa shape index (κ1) is 37.2. The highest BCUT2D eigenvalue weighted by Crippen LogP contribution is 2.49. The summed E-state index contributed by atoms with van der Waals surface area (Å²) in [5.41, 5.74) is -2.10. The quantitative estimate of drug-likeness (QED) is 0.322. The smallest absolute Gasteiger partial charge is 0.408 e. The van der Waals surface area contributed by atoms with Gasteiger partial charge in [0.05, 0.1) is 23.9 Å². The predicted molar refractivity (Wildman–Crippen MR) is 179 cm³/mol. The number of halogens is 1. The first-order chi connectivity index (χ1) is 24.0. The number of hydrogen-bond donors (Lipinski definition) is 4. The molecule has 15 nitrogen and oxygen atoms in total. The summed E-state index contributed by atoms with van der Waals surface area (Å²) in [6.45, 7) is 6.16. The van der Waals surface area contributed by atoms with Gasteiger partial charge in [-0.25, -0.2) is 22.4 Å². The molecule has 4 amide bonds. The van der Waals surface area contributed by atoms with Crippen LogP contribution < -0.4 is 15.4 Å². The Morgan fingerprint density at radius 3 is 2.51 bits per heavy atom. The SMILES string of the molecule is CC(C)(C)OC(=O)N[C@H]1C=C2C(=C(F)C1=O)CN(C(=O)O)C2[C@@H]1C[C@H]2C(=O)N[C@]3(C(=O)NS(=O)(=O)C4CC4)C[C@H]3CCCCCOCCCN2C1. The monoisotopic (exact) mass is 737 g/mol. The average molecular weight is 738 g/mol. The normalized spacial score (nSPS) is 32.4. The van der Waals surface area contributed by atoms with Crippen molar-refractivity contribution in [3.63, 3.8) is 0 Å². The number of fused-ring (bicyclic) bond motifs is 3. The lowest BCUT2D eigenvalue weighted by Crippen LogP contribution is -2.56. The standard InChI is InChI=1S/C34H48FN5O10S/c1-33(2,3)50-31(44)36-24-15-22-23(26(35)28(24)41)18-40(32(45)46)27(22)19-14-25-29(42)37-34(30(43)38-51(47,48)21-9-10-21)16-20(34)8-5-4-6-12-49-13-7-11-39(25)17-19/h15,19-21,24-25,27H,4-14,16-18H2,1-3H3,(H,36,44)(H,37,42)(H,38,43)(H,45,46)/t19-,20-,24+,25+,27?,34-/m1/s1. The van der Waals surface area contributed by atoms with E-state index in [0.717, 1.165) is 24.2 Å². The summed E-state index contributed by atoms with van der Waals surface area (Å²) < 4.78 is 54.4. The second-order valence-electron chi connectivity index (χ2n) is 15.6. The minimum atomic E-state index is -3.86. The number of alkyl carbamates (subject to hydrolysis) is 1. The molecule has 2 saturated carbocycles. The fourth-order valence-electron chi connectivity index (χ4n) is 7.96. The van der Waals surface area contributed by atoms with Crippen molar-refractivity contribution in [1.82, 2.24) is 25.2 Å². The number of ketones is 1. The lowest BCUT2D eigenvalue weighted by atomic mass is 9.85. The summed E-state index contributed by atoms with van der Waals surface area (Å²) in [7, 11) is -3.86. The zero-order valence-corrected chi connectivity index (χ0v) is 30.1. The molecule has 1 unspecified atom stereocenters. The predicted octanol–water partition coefficient (Wildman–Crippen LogP) is 2.13. The maximum Gasteiger partial charge on any atom is 0.408 e. The maximum atomic E-state index is 15.6. The molecule has 6 aliphatic rings. The molecule has 3 aliphatic carbocycles. The summed E-state index contributed by atoms with van der Waals surface area (Å²) in [6, 6.07) is -3.20. The molecule has 3 heterocycles. The van der Waals surface area contributed by atoms with E-state index >= 15 is 4.39 Å². The van der Waals surface area contributed by atoms with Gasteiger partial charge in [-0.3, -0.25) is 28.9 Å². The molecule has 5 fully saturated rings. The number of Topliss-reactive ketones (excluding diaryl/α,β-unsaturated/α-hetero) is 1. The Balaban J connectivity index is 1.27. The van der Waals surface area contributed by atoms with Gasteiger partial charge in [0.25, 0.3) is 5.91 Å². The van der Waals surface area contributed by atoms with Crippen LogP contribution in [0, 0.1) is 11.8 Å². The van der Waals surface area contributed by atoms with Crippen LogP contribution in [0.3, 0.4) is 0 Å². The molecule has 3 aliphatic heterocycles. The van der Waals surface area contributed by atoms with E-state index in [4.69, 9.17) is 9.47 Å². The van der Waals surface area contributed by atoms with Gasteiger partial charge in [0, 0.05) is 31.9 Å². The Hall–Kier alpha value is -3.57. The van der Waals surface area contributed by atoms with Crippen LogP contribution in [0.2, 0.25) is 0 Å². The first-order valence-electron chi connectivity index (χ1n) is 17.8. The van der Waals surface area contributed by atoms with Crippen LogP contribution in [0.25, 0.3) is 0 Å². The molecular weight excluding hydrogens is 689 g/mol. The number of carboxylic acid groups (broad SMARTS) is 1. The molecule has 17 heteroatoms. The zero-order valence-electron chi connectivity index (χ0n) is 29.2. The number of carbonyl (C=O) groups is 5. The van der Waals surface area contributed by atoms with E-state index in [1.54, 1.807) is 20.8 Å². The van der Waals surface area contributed by atoms with Gasteiger partial charge in [0.1, 0.15) is 17.2 Å². The lowest BCUT2D eigenvalue weighted by Gasteiger charge is -2.29. The fourth-order valence-corrected chi connectivity index (χ4v) is 9.33. The lowest BCUT2D eigenvalue weighted by molar-refractivity contribution is -0.132. The molecule has 6 rings (SSSR count). The highest BCUT2D eigenvalue weighted by atomic mass is 32.2. The molecule has 3 saturated heterocycles. The van der Waals surface area contributed by atoms with Crippen LogP contribution in [0.1, 0.15) is 78.6 Å². The molecule has 282 valence electrons. The molecule has 0 spiro atoms. The third-order valence-corrected chi connectivity index (χ3v) is 12.5. The maximum absolute atomic E-state index is 15.6. The van der Waals surface area contributed by atoms with Gasteiger partial charge in [-0.2, -0.15) is 0 Å². The number of nitrogens with zero attached hydrogens (tertiary/aromatic N) is 2. The summed E-state index contributed by atoms with van der Waals surface area (Å²) >= 11 is 0. The topological polar surface area (TPSA) is 201 Å². The number of nitrogens with one attached hydrogen (secondary N) is 3. The molecule has 0 bridgehead atoms. The van der Waals surface area contributed by atoms with Crippen molar-refractivity contribution in [2.24, 2.45) is 11.8 Å². The van der Waals surface area contributed by atoms with E-state index in [1.807, 2.05) is 4.90 Å². The van der Waals surface area contributed by atoms with Gasteiger partial charge in [0.2, 0.25) is 21.7 Å². The largest absolute Gasteiger partial charge is 0.465 e. The van der Waals surface area contributed by atoms with E-state index in [0.29, 0.717) is 51.9 Å². The molecular formula is C34H48FN5O10S. The number of amides is 4. The van der Waals surface area contributed by atoms with Crippen LogP contribution in [0.15, 0.2) is 23.0 Å². The average Bonchev–Trinajstić information content (AvgIpc) is 3.93. The van der Waals surface area contributed by atoms with Crippen LogP contribution in [0.4, 0.5) is 14.0 Å². The summed E-state index contributed by atoms with van der Waals surface area (Å²) in [6.07, 6.45) is 4.14. The van der Waals surface area contributed by atoms with E-state index in [-0.39, 0.29) is 36.6 Å². The highest BCUT2D eigenvalue weighted by Gasteiger charge is 2.62. The molecule has 6 atom stereocenters. The second-order valence-corrected chi connectivity index (χ2v) is 17.6. The molecule has 4 N–H and O–H groups in total. The van der Waals surface area contributed by atoms with Gasteiger partial charge in [-0.05, 0) is 89.2 Å². The number of sulfonamides is 1. The van der Waals surface area contributed by atoms with Crippen molar-refractivity contribution in [3.05, 3.63) is 23.0 Å². The summed E-state index contributed by atoms with van der Waals surface area (Å²) in [5.74, 6) is -4.17. The number of likely N-dealkylation sites (tertiary alicyclic amines) is 1. The summed E-state index contributed by atoms with van der Waals surface area (Å²) in [4.78, 5) is 68.9. The van der Waals surface area contributed by atoms with Gasteiger partial charge in [0.15, 0.2) is 5.83 Å². The highest BCUT2D eigenvalue weighted by molar-refractivity contribution is 7.91. The van der Waals surface area contributed by atoms with Crippen LogP contribution in [-0.4, -0.2) is 120 Å². The zero-order chi connectivity index (χ0) is 36.9. The Bertz CT molecular complexity index is 1640. The van der Waals surface area contributed by atoms with Gasteiger partial charge in [-0.15, -0.1) is 0 Å². The van der Waals surface area contributed by atoms with Crippen molar-refractivity contribution < 1.29 is 51.4 Å². The van der Waals surface area contributed by atoms with Crippen molar-refractivity contribution >= 4 is 39.8 Å². The van der Waals surface area contributed by atoms with E-state index in [2.05, 4.69) is 15.4 Å². The number of carbonyl (C=O) groups excluding carboxylic acids is 4. The van der Waals surface area contributed by atoms with Crippen LogP contribution in [0.5, 0.6) is 0 Å². The third kappa shape index (κ3) is 7.94. The third-order valence-electron chi connectivity index (χ3n) is 10.7. The van der Waals surface area contributed by atoms with E-state index < -0.39 is 86.1 Å². The number of rotatable bonds is 5. The first-order valence-corrected chi connectivity index (χ1v) is 19.4. The van der Waals surface area contributed by atoms with Crippen molar-refractivity contribution in [1.29, 1.82) is 0 Å². The minimum Gasteiger partial charge on any atom is -0.465 e. The van der Waals surface area contributed by atoms with Gasteiger partial charge >= 0.3 is 12.2 Å². The van der Waals surface area contributed by atoms with Crippen LogP contribution in [-0.2, 0) is 33.9 Å². The molecule has 51 heavy (non-hydrogen) atoms. The van der Waals surface area contributed by atoms with Gasteiger partial charge in [-0.1, -0.05) is 12.8 Å².